The second-order valence-corrected chi connectivity index (χ2v) is 7.74. The minimum absolute atomic E-state index is 0.297. The Labute approximate surface area is 137 Å². The maximum Gasteiger partial charge on any atom is -0.00929 e. The number of benzene rings is 2. The standard InChI is InChI=1S/C23H22/c1-23(2,3)15-16-7-6-9-17-11-12-20-19-10-5-4-8-18(19)14-22(20)21(17)13-16/h4-14H,15H2,1-3H3. The van der Waals surface area contributed by atoms with Crippen molar-refractivity contribution in [2.75, 3.05) is 0 Å². The average molecular weight is 298 g/mol. The minimum atomic E-state index is 0.297. The summed E-state index contributed by atoms with van der Waals surface area (Å²) in [4.78, 5) is 0. The van der Waals surface area contributed by atoms with Gasteiger partial charge in [0, 0.05) is 0 Å². The van der Waals surface area contributed by atoms with E-state index >= 15 is 0 Å². The van der Waals surface area contributed by atoms with E-state index in [2.05, 4.69) is 87.5 Å². The van der Waals surface area contributed by atoms with Gasteiger partial charge in [-0.3, -0.25) is 0 Å². The van der Waals surface area contributed by atoms with Gasteiger partial charge in [-0.05, 0) is 55.8 Å². The van der Waals surface area contributed by atoms with Crippen LogP contribution in [0.1, 0.15) is 26.3 Å². The summed E-state index contributed by atoms with van der Waals surface area (Å²) < 4.78 is 0. The van der Waals surface area contributed by atoms with E-state index in [1.165, 1.54) is 37.9 Å². The number of hydrogen-bond acceptors (Lipinski definition) is 0. The lowest BCUT2D eigenvalue weighted by Gasteiger charge is -2.17. The highest BCUT2D eigenvalue weighted by atomic mass is 14.2. The van der Waals surface area contributed by atoms with Gasteiger partial charge >= 0.3 is 0 Å². The van der Waals surface area contributed by atoms with Crippen molar-refractivity contribution in [3.8, 4) is 0 Å². The van der Waals surface area contributed by atoms with Crippen molar-refractivity contribution >= 4 is 32.3 Å². The van der Waals surface area contributed by atoms with Gasteiger partial charge in [-0.25, -0.2) is 0 Å². The molecule has 0 atom stereocenters. The molecule has 0 amide bonds. The molecule has 4 rings (SSSR count). The summed E-state index contributed by atoms with van der Waals surface area (Å²) in [6, 6.07) is 24.6. The zero-order chi connectivity index (χ0) is 16.0. The first-order chi connectivity index (χ1) is 11.0. The molecule has 114 valence electrons. The fraction of sp³-hybridized carbons (Fsp3) is 0.217. The number of fused-ring (bicyclic) bond motifs is 5. The molecule has 0 unspecified atom stereocenters. The molecule has 0 spiro atoms. The Morgan fingerprint density at radius 3 is 2.22 bits per heavy atom. The number of hydrogen-bond donors (Lipinski definition) is 0. The fourth-order valence-corrected chi connectivity index (χ4v) is 3.60. The van der Waals surface area contributed by atoms with Crippen LogP contribution in [0.25, 0.3) is 32.3 Å². The van der Waals surface area contributed by atoms with Crippen LogP contribution in [-0.2, 0) is 6.42 Å². The average Bonchev–Trinajstić information content (AvgIpc) is 2.74. The van der Waals surface area contributed by atoms with Crippen molar-refractivity contribution in [3.05, 3.63) is 72.3 Å². The Balaban J connectivity index is 2.07. The van der Waals surface area contributed by atoms with Crippen LogP contribution in [0.5, 0.6) is 0 Å². The highest BCUT2D eigenvalue weighted by Crippen LogP contribution is 2.34. The van der Waals surface area contributed by atoms with Crippen LogP contribution in [-0.4, -0.2) is 0 Å². The quantitative estimate of drug-likeness (QED) is 0.365. The second kappa shape index (κ2) is 5.09. The summed E-state index contributed by atoms with van der Waals surface area (Å²) in [6.45, 7) is 6.90. The molecule has 0 aliphatic heterocycles. The predicted octanol–water partition coefficient (Wildman–Crippen LogP) is 6.73. The molecule has 0 aromatic heterocycles. The third-order valence-corrected chi connectivity index (χ3v) is 4.52. The van der Waals surface area contributed by atoms with Crippen LogP contribution in [0, 0.1) is 5.41 Å². The molecule has 0 fully saturated rings. The van der Waals surface area contributed by atoms with Crippen LogP contribution < -0.4 is 0 Å². The van der Waals surface area contributed by atoms with Gasteiger partial charge in [-0.1, -0.05) is 81.4 Å². The zero-order valence-electron chi connectivity index (χ0n) is 14.1. The molecular weight excluding hydrogens is 276 g/mol. The van der Waals surface area contributed by atoms with Crippen LogP contribution in [0.4, 0.5) is 0 Å². The van der Waals surface area contributed by atoms with Gasteiger partial charge in [0.15, 0.2) is 0 Å². The van der Waals surface area contributed by atoms with Crippen molar-refractivity contribution in [2.24, 2.45) is 5.41 Å². The van der Waals surface area contributed by atoms with Gasteiger partial charge < -0.3 is 0 Å². The Morgan fingerprint density at radius 2 is 1.39 bits per heavy atom. The van der Waals surface area contributed by atoms with Crippen LogP contribution in [0.2, 0.25) is 0 Å². The SMILES string of the molecule is CC(C)(C)Cc1cccc2ccc3c4ccccc4cc3c2c1. The van der Waals surface area contributed by atoms with E-state index < -0.39 is 0 Å². The minimum Gasteiger partial charge on any atom is -0.0616 e. The Kier molecular flexibility index (Phi) is 3.16. The lowest BCUT2D eigenvalue weighted by Crippen LogP contribution is -2.08. The van der Waals surface area contributed by atoms with Gasteiger partial charge in [-0.2, -0.15) is 0 Å². The molecule has 0 heteroatoms. The molecule has 0 heterocycles. The Morgan fingerprint density at radius 1 is 0.609 bits per heavy atom. The molecule has 0 aliphatic rings. The van der Waals surface area contributed by atoms with E-state index in [0.29, 0.717) is 5.41 Å². The van der Waals surface area contributed by atoms with Crippen molar-refractivity contribution in [1.82, 2.24) is 0 Å². The molecular formula is C23H22. The molecule has 0 aliphatic carbocycles. The van der Waals surface area contributed by atoms with Crippen LogP contribution in [0.15, 0.2) is 66.7 Å². The van der Waals surface area contributed by atoms with E-state index in [4.69, 9.17) is 0 Å². The summed E-state index contributed by atoms with van der Waals surface area (Å²) >= 11 is 0. The van der Waals surface area contributed by atoms with E-state index in [-0.39, 0.29) is 0 Å². The summed E-state index contributed by atoms with van der Waals surface area (Å²) in [6.07, 6.45) is 1.09. The lowest BCUT2D eigenvalue weighted by molar-refractivity contribution is 0.411. The Bertz CT molecular complexity index is 1020. The molecule has 0 saturated carbocycles. The highest BCUT2D eigenvalue weighted by Gasteiger charge is 2.12. The monoisotopic (exact) mass is 298 g/mol. The van der Waals surface area contributed by atoms with Crippen molar-refractivity contribution < 1.29 is 0 Å². The predicted molar refractivity (Wildman–Crippen MR) is 102 cm³/mol. The molecule has 0 bridgehead atoms. The fourth-order valence-electron chi connectivity index (χ4n) is 3.60. The van der Waals surface area contributed by atoms with Gasteiger partial charge in [0.25, 0.3) is 0 Å². The first-order valence-electron chi connectivity index (χ1n) is 8.34. The summed E-state index contributed by atoms with van der Waals surface area (Å²) in [5, 5.41) is 8.10. The summed E-state index contributed by atoms with van der Waals surface area (Å²) in [5.74, 6) is 0. The Hall–Kier alpha value is -2.34. The van der Waals surface area contributed by atoms with Gasteiger partial charge in [0.1, 0.15) is 0 Å². The molecule has 0 N–H and O–H groups in total. The van der Waals surface area contributed by atoms with Gasteiger partial charge in [0.05, 0.1) is 0 Å². The summed E-state index contributed by atoms with van der Waals surface area (Å²) in [7, 11) is 0. The highest BCUT2D eigenvalue weighted by molar-refractivity contribution is 6.20. The van der Waals surface area contributed by atoms with Crippen molar-refractivity contribution in [2.45, 2.75) is 27.2 Å². The largest absolute Gasteiger partial charge is 0.0616 e. The maximum absolute atomic E-state index is 2.39. The maximum atomic E-state index is 2.39. The second-order valence-electron chi connectivity index (χ2n) is 7.74. The third-order valence-electron chi connectivity index (χ3n) is 4.52. The topological polar surface area (TPSA) is 0 Å². The molecule has 23 heavy (non-hydrogen) atoms. The van der Waals surface area contributed by atoms with Crippen molar-refractivity contribution in [3.63, 3.8) is 0 Å². The van der Waals surface area contributed by atoms with E-state index in [1.807, 2.05) is 0 Å². The number of rotatable bonds is 1. The van der Waals surface area contributed by atoms with Crippen LogP contribution >= 0.6 is 0 Å². The molecule has 0 nitrogen and oxygen atoms in total. The first kappa shape index (κ1) is 14.3. The van der Waals surface area contributed by atoms with Gasteiger partial charge in [0.2, 0.25) is 0 Å². The molecule has 0 saturated heterocycles. The zero-order valence-corrected chi connectivity index (χ0v) is 14.1. The first-order valence-corrected chi connectivity index (χ1v) is 8.34. The molecule has 4 aromatic carbocycles. The summed E-state index contributed by atoms with van der Waals surface area (Å²) in [5.41, 5.74) is 1.70. The third kappa shape index (κ3) is 2.59. The molecule has 4 aromatic rings. The van der Waals surface area contributed by atoms with Crippen molar-refractivity contribution in [1.29, 1.82) is 0 Å². The van der Waals surface area contributed by atoms with E-state index in [1.54, 1.807) is 0 Å². The van der Waals surface area contributed by atoms with Crippen LogP contribution in [0.3, 0.4) is 0 Å². The molecule has 0 radical (unpaired) electrons. The van der Waals surface area contributed by atoms with Gasteiger partial charge in [-0.15, -0.1) is 0 Å². The van der Waals surface area contributed by atoms with E-state index in [9.17, 15) is 0 Å². The van der Waals surface area contributed by atoms with E-state index in [0.717, 1.165) is 6.42 Å². The normalized spacial score (nSPS) is 12.3. The smallest absolute Gasteiger partial charge is 0.00929 e. The lowest BCUT2D eigenvalue weighted by atomic mass is 9.88.